The van der Waals surface area contributed by atoms with Gasteiger partial charge >= 0.3 is 0 Å². The van der Waals surface area contributed by atoms with Crippen LogP contribution in [0.25, 0.3) is 11.3 Å². The molecule has 0 spiro atoms. The number of anilines is 1. The second-order valence-electron chi connectivity index (χ2n) is 8.14. The molecule has 1 saturated heterocycles. The van der Waals surface area contributed by atoms with Crippen LogP contribution in [0.3, 0.4) is 0 Å². The SMILES string of the molecule is CN(Cc1ccc(Cl)cc1)C(=O)[C@H]1CCCN1C=O.CNc1cccc(-c2ccnc(C)n2)c1. The van der Waals surface area contributed by atoms with Crippen LogP contribution in [0.2, 0.25) is 5.02 Å². The van der Waals surface area contributed by atoms with E-state index in [1.807, 2.05) is 62.5 Å². The fraction of sp³-hybridized carbons (Fsp3) is 0.308. The molecule has 1 atom stereocenters. The lowest BCUT2D eigenvalue weighted by Gasteiger charge is -2.25. The number of amides is 2. The van der Waals surface area contributed by atoms with E-state index in [0.717, 1.165) is 47.6 Å². The molecule has 4 rings (SSSR count). The Bertz CT molecular complexity index is 1110. The van der Waals surface area contributed by atoms with Crippen molar-refractivity contribution in [2.45, 2.75) is 32.4 Å². The standard InChI is InChI=1S/C14H17ClN2O2.C12H13N3/c1-16(9-11-4-6-12(15)7-5-11)14(19)13-3-2-8-17(13)10-18;1-9-14-7-6-12(15-9)10-4-3-5-11(8-10)13-2/h4-7,10,13H,2-3,8-9H2,1H3;3-8,13H,1-2H3/t13-;/m1./s1. The van der Waals surface area contributed by atoms with E-state index in [0.29, 0.717) is 18.1 Å². The number of halogens is 1. The minimum atomic E-state index is -0.296. The molecule has 0 radical (unpaired) electrons. The van der Waals surface area contributed by atoms with Crippen molar-refractivity contribution in [1.29, 1.82) is 0 Å². The molecule has 2 heterocycles. The summed E-state index contributed by atoms with van der Waals surface area (Å²) in [5.41, 5.74) is 4.17. The summed E-state index contributed by atoms with van der Waals surface area (Å²) in [4.78, 5) is 34.9. The second-order valence-corrected chi connectivity index (χ2v) is 8.58. The molecule has 1 aromatic heterocycles. The molecule has 34 heavy (non-hydrogen) atoms. The predicted octanol–water partition coefficient (Wildman–Crippen LogP) is 4.41. The van der Waals surface area contributed by atoms with Crippen molar-refractivity contribution >= 4 is 29.6 Å². The highest BCUT2D eigenvalue weighted by molar-refractivity contribution is 6.30. The average Bonchev–Trinajstić information content (AvgIpc) is 3.34. The Hall–Kier alpha value is -3.45. The van der Waals surface area contributed by atoms with E-state index >= 15 is 0 Å². The summed E-state index contributed by atoms with van der Waals surface area (Å²) in [5, 5.41) is 3.79. The fourth-order valence-corrected chi connectivity index (χ4v) is 3.95. The molecule has 1 aliphatic heterocycles. The van der Waals surface area contributed by atoms with Gasteiger partial charge < -0.3 is 15.1 Å². The van der Waals surface area contributed by atoms with Crippen LogP contribution in [0.4, 0.5) is 5.69 Å². The number of likely N-dealkylation sites (N-methyl/N-ethyl adjacent to an activating group) is 1. The molecule has 0 aliphatic carbocycles. The molecule has 0 saturated carbocycles. The zero-order valence-corrected chi connectivity index (χ0v) is 20.5. The summed E-state index contributed by atoms with van der Waals surface area (Å²) in [6.45, 7) is 3.10. The highest BCUT2D eigenvalue weighted by Gasteiger charge is 2.31. The summed E-state index contributed by atoms with van der Waals surface area (Å²) >= 11 is 5.83. The van der Waals surface area contributed by atoms with E-state index in [2.05, 4.69) is 21.4 Å². The Kier molecular flexibility index (Phi) is 8.99. The fourth-order valence-electron chi connectivity index (χ4n) is 3.83. The molecule has 2 amide bonds. The van der Waals surface area contributed by atoms with Crippen LogP contribution in [0.15, 0.2) is 60.8 Å². The van der Waals surface area contributed by atoms with Gasteiger partial charge in [0.25, 0.3) is 0 Å². The third kappa shape index (κ3) is 6.78. The van der Waals surface area contributed by atoms with E-state index in [1.165, 1.54) is 0 Å². The Morgan fingerprint density at radius 1 is 1.24 bits per heavy atom. The number of carbonyl (C=O) groups is 2. The van der Waals surface area contributed by atoms with Crippen molar-refractivity contribution < 1.29 is 9.59 Å². The molecule has 1 fully saturated rings. The first kappa shape index (κ1) is 25.2. The lowest BCUT2D eigenvalue weighted by molar-refractivity contribution is -0.138. The van der Waals surface area contributed by atoms with Gasteiger partial charge in [0.1, 0.15) is 11.9 Å². The molecule has 8 heteroatoms. The zero-order valence-electron chi connectivity index (χ0n) is 19.7. The van der Waals surface area contributed by atoms with Gasteiger partial charge in [-0.05, 0) is 55.7 Å². The van der Waals surface area contributed by atoms with Gasteiger partial charge in [0.2, 0.25) is 12.3 Å². The largest absolute Gasteiger partial charge is 0.388 e. The lowest BCUT2D eigenvalue weighted by Crippen LogP contribution is -2.43. The van der Waals surface area contributed by atoms with Gasteiger partial charge in [0.15, 0.2) is 0 Å². The maximum absolute atomic E-state index is 12.3. The van der Waals surface area contributed by atoms with Crippen LogP contribution in [-0.2, 0) is 16.1 Å². The molecule has 1 aliphatic rings. The first-order valence-electron chi connectivity index (χ1n) is 11.2. The van der Waals surface area contributed by atoms with Crippen LogP contribution in [0.5, 0.6) is 0 Å². The van der Waals surface area contributed by atoms with Crippen LogP contribution in [-0.4, -0.2) is 58.8 Å². The van der Waals surface area contributed by atoms with Gasteiger partial charge in [0, 0.05) is 49.7 Å². The number of aryl methyl sites for hydroxylation is 1. The number of hydrogen-bond acceptors (Lipinski definition) is 5. The summed E-state index contributed by atoms with van der Waals surface area (Å²) in [5.74, 6) is 0.793. The third-order valence-corrected chi connectivity index (χ3v) is 5.90. The topological polar surface area (TPSA) is 78.4 Å². The number of benzene rings is 2. The van der Waals surface area contributed by atoms with Gasteiger partial charge in [-0.2, -0.15) is 0 Å². The Balaban J connectivity index is 0.000000196. The van der Waals surface area contributed by atoms with Gasteiger partial charge in [-0.15, -0.1) is 0 Å². The van der Waals surface area contributed by atoms with E-state index < -0.39 is 0 Å². The molecule has 2 aromatic carbocycles. The minimum absolute atomic E-state index is 0.000417. The number of nitrogens with one attached hydrogen (secondary N) is 1. The molecule has 0 bridgehead atoms. The highest BCUT2D eigenvalue weighted by Crippen LogP contribution is 2.20. The maximum Gasteiger partial charge on any atom is 0.245 e. The van der Waals surface area contributed by atoms with Crippen LogP contribution < -0.4 is 5.32 Å². The molecule has 178 valence electrons. The van der Waals surface area contributed by atoms with Crippen molar-refractivity contribution in [1.82, 2.24) is 19.8 Å². The number of rotatable bonds is 6. The summed E-state index contributed by atoms with van der Waals surface area (Å²) in [6, 6.07) is 17.2. The van der Waals surface area contributed by atoms with Gasteiger partial charge in [-0.25, -0.2) is 9.97 Å². The van der Waals surface area contributed by atoms with Gasteiger partial charge in [-0.3, -0.25) is 9.59 Å². The first-order chi connectivity index (χ1) is 16.4. The smallest absolute Gasteiger partial charge is 0.245 e. The number of hydrogen-bond donors (Lipinski definition) is 1. The van der Waals surface area contributed by atoms with Crippen molar-refractivity contribution in [2.24, 2.45) is 0 Å². The Morgan fingerprint density at radius 2 is 2.00 bits per heavy atom. The molecule has 1 N–H and O–H groups in total. The normalized spacial score (nSPS) is 14.7. The minimum Gasteiger partial charge on any atom is -0.388 e. The second kappa shape index (κ2) is 12.1. The lowest BCUT2D eigenvalue weighted by atomic mass is 10.1. The zero-order chi connectivity index (χ0) is 24.5. The number of aromatic nitrogens is 2. The van der Waals surface area contributed by atoms with Gasteiger partial charge in [-0.1, -0.05) is 35.9 Å². The Labute approximate surface area is 205 Å². The van der Waals surface area contributed by atoms with E-state index in [9.17, 15) is 9.59 Å². The van der Waals surface area contributed by atoms with Crippen molar-refractivity contribution in [3.05, 3.63) is 77.2 Å². The number of likely N-dealkylation sites (tertiary alicyclic amines) is 1. The van der Waals surface area contributed by atoms with Crippen molar-refractivity contribution in [3.63, 3.8) is 0 Å². The number of carbonyl (C=O) groups excluding carboxylic acids is 2. The van der Waals surface area contributed by atoms with Crippen molar-refractivity contribution in [2.75, 3.05) is 26.0 Å². The van der Waals surface area contributed by atoms with Gasteiger partial charge in [0.05, 0.1) is 5.69 Å². The predicted molar refractivity (Wildman–Crippen MR) is 135 cm³/mol. The Morgan fingerprint density at radius 3 is 2.68 bits per heavy atom. The maximum atomic E-state index is 12.3. The van der Waals surface area contributed by atoms with Crippen LogP contribution in [0.1, 0.15) is 24.2 Å². The average molecular weight is 480 g/mol. The summed E-state index contributed by atoms with van der Waals surface area (Å²) < 4.78 is 0. The number of nitrogens with zero attached hydrogens (tertiary/aromatic N) is 4. The van der Waals surface area contributed by atoms with Crippen molar-refractivity contribution in [3.8, 4) is 11.3 Å². The summed E-state index contributed by atoms with van der Waals surface area (Å²) in [6.07, 6.45) is 4.20. The third-order valence-electron chi connectivity index (χ3n) is 5.65. The molecule has 7 nitrogen and oxygen atoms in total. The van der Waals surface area contributed by atoms with E-state index in [4.69, 9.17) is 11.6 Å². The van der Waals surface area contributed by atoms with Crippen LogP contribution >= 0.6 is 11.6 Å². The summed E-state index contributed by atoms with van der Waals surface area (Å²) in [7, 11) is 3.67. The molecular formula is C26H30ClN5O2. The highest BCUT2D eigenvalue weighted by atomic mass is 35.5. The quantitative estimate of drug-likeness (QED) is 0.530. The monoisotopic (exact) mass is 479 g/mol. The van der Waals surface area contributed by atoms with E-state index in [1.54, 1.807) is 23.0 Å². The first-order valence-corrected chi connectivity index (χ1v) is 11.6. The van der Waals surface area contributed by atoms with E-state index in [-0.39, 0.29) is 11.9 Å². The molecule has 3 aromatic rings. The molecule has 0 unspecified atom stereocenters. The molecular weight excluding hydrogens is 450 g/mol. The van der Waals surface area contributed by atoms with Crippen LogP contribution in [0, 0.1) is 6.92 Å².